The molecular formula is C36H39BF7N7O5. The maximum atomic E-state index is 15.7. The van der Waals surface area contributed by atoms with E-state index >= 15 is 8.78 Å². The molecule has 300 valence electrons. The lowest BCUT2D eigenvalue weighted by Gasteiger charge is -2.37. The van der Waals surface area contributed by atoms with Gasteiger partial charge in [-0.2, -0.15) is 32.1 Å². The third-order valence-corrected chi connectivity index (χ3v) is 10.4. The van der Waals surface area contributed by atoms with E-state index in [9.17, 15) is 36.3 Å². The van der Waals surface area contributed by atoms with Crippen molar-refractivity contribution >= 4 is 24.4 Å². The molecule has 2 aliphatic rings. The van der Waals surface area contributed by atoms with Crippen LogP contribution in [0.4, 0.5) is 30.7 Å². The Morgan fingerprint density at radius 2 is 1.68 bits per heavy atom. The fraction of sp³-hybridized carbons (Fsp3) is 0.472. The van der Waals surface area contributed by atoms with Crippen molar-refractivity contribution in [2.45, 2.75) is 96.4 Å². The first-order valence-corrected chi connectivity index (χ1v) is 17.5. The zero-order valence-electron chi connectivity index (χ0n) is 31.5. The molecule has 2 aliphatic heterocycles. The van der Waals surface area contributed by atoms with E-state index in [-0.39, 0.29) is 53.8 Å². The van der Waals surface area contributed by atoms with Gasteiger partial charge in [-0.25, -0.2) is 13.5 Å². The summed E-state index contributed by atoms with van der Waals surface area (Å²) in [5.74, 6) is -4.07. The quantitative estimate of drug-likeness (QED) is 0.183. The van der Waals surface area contributed by atoms with E-state index in [4.69, 9.17) is 9.31 Å². The Bertz CT molecular complexity index is 2230. The monoisotopic (exact) mass is 793 g/mol. The summed E-state index contributed by atoms with van der Waals surface area (Å²) in [6.45, 7) is 6.30. The van der Waals surface area contributed by atoms with Crippen LogP contribution in [0.25, 0.3) is 11.3 Å². The van der Waals surface area contributed by atoms with Crippen LogP contribution >= 0.6 is 0 Å². The number of alkyl halides is 5. The average molecular weight is 794 g/mol. The lowest BCUT2D eigenvalue weighted by atomic mass is 9.72. The summed E-state index contributed by atoms with van der Waals surface area (Å²) in [6.07, 6.45) is -1.99. The number of hydrogen-bond acceptors (Lipinski definition) is 7. The first kappa shape index (κ1) is 40.7. The van der Waals surface area contributed by atoms with Gasteiger partial charge in [0.15, 0.2) is 5.69 Å². The molecular weight excluding hydrogens is 754 g/mol. The molecule has 0 radical (unpaired) electrons. The number of carbonyl (C=O) groups is 2. The first-order valence-electron chi connectivity index (χ1n) is 17.5. The number of hydrogen-bond donors (Lipinski definition) is 1. The van der Waals surface area contributed by atoms with Gasteiger partial charge < -0.3 is 24.1 Å². The number of nitrogens with one attached hydrogen (secondary N) is 1. The SMILES string of the molecule is Cn1cc(-c2cc(C(F)(F)F)nn2CC(C)(C)NC(=O)[C@@H](Cc2cnn(C(F)F)c2)N2CCc3c(B4OC(C)(C)C(C)(C)O4)c(F)cc(F)c3C2=O)ccc1=O. The summed E-state index contributed by atoms with van der Waals surface area (Å²) in [7, 11) is 0.132. The van der Waals surface area contributed by atoms with Gasteiger partial charge in [0.2, 0.25) is 11.5 Å². The van der Waals surface area contributed by atoms with E-state index in [0.29, 0.717) is 10.7 Å². The van der Waals surface area contributed by atoms with E-state index in [2.05, 4.69) is 15.5 Å². The number of benzene rings is 1. The summed E-state index contributed by atoms with van der Waals surface area (Å²) < 4.78 is 114. The van der Waals surface area contributed by atoms with E-state index in [1.54, 1.807) is 27.7 Å². The lowest BCUT2D eigenvalue weighted by Crippen LogP contribution is -2.58. The molecule has 0 unspecified atom stereocenters. The molecule has 1 fully saturated rings. The molecule has 0 spiro atoms. The second-order valence-electron chi connectivity index (χ2n) is 15.6. The molecule has 12 nitrogen and oxygen atoms in total. The van der Waals surface area contributed by atoms with E-state index in [1.807, 2.05) is 0 Å². The molecule has 0 aliphatic carbocycles. The van der Waals surface area contributed by atoms with E-state index < -0.39 is 82.9 Å². The minimum absolute atomic E-state index is 0.0163. The van der Waals surface area contributed by atoms with Gasteiger partial charge in [0.05, 0.1) is 40.7 Å². The van der Waals surface area contributed by atoms with Crippen molar-refractivity contribution in [1.29, 1.82) is 0 Å². The van der Waals surface area contributed by atoms with Crippen LogP contribution in [0.2, 0.25) is 0 Å². The molecule has 3 aromatic heterocycles. The van der Waals surface area contributed by atoms with E-state index in [0.717, 1.165) is 28.0 Å². The van der Waals surface area contributed by atoms with Crippen LogP contribution in [0.15, 0.2) is 47.7 Å². The predicted molar refractivity (Wildman–Crippen MR) is 188 cm³/mol. The van der Waals surface area contributed by atoms with Crippen molar-refractivity contribution in [2.24, 2.45) is 7.05 Å². The van der Waals surface area contributed by atoms with Crippen LogP contribution in [0.1, 0.15) is 75.3 Å². The number of carbonyl (C=O) groups excluding carboxylic acids is 2. The number of nitrogens with zero attached hydrogens (tertiary/aromatic N) is 6. The van der Waals surface area contributed by atoms with Crippen molar-refractivity contribution in [1.82, 2.24) is 34.3 Å². The Hall–Kier alpha value is -4.98. The fourth-order valence-electron chi connectivity index (χ4n) is 6.81. The summed E-state index contributed by atoms with van der Waals surface area (Å²) in [5, 5.41) is 10.1. The van der Waals surface area contributed by atoms with Gasteiger partial charge in [0.1, 0.15) is 17.7 Å². The predicted octanol–water partition coefficient (Wildman–Crippen LogP) is 4.64. The molecule has 1 saturated heterocycles. The molecule has 4 aromatic rings. The highest BCUT2D eigenvalue weighted by Crippen LogP contribution is 2.38. The highest BCUT2D eigenvalue weighted by molar-refractivity contribution is 6.63. The Labute approximate surface area is 316 Å². The van der Waals surface area contributed by atoms with Crippen LogP contribution in [0.3, 0.4) is 0 Å². The summed E-state index contributed by atoms with van der Waals surface area (Å²) in [6, 6.07) is 2.35. The largest absolute Gasteiger partial charge is 0.498 e. The standard InChI is InChI=1S/C36H39BF7N7O5/c1-33(2,18-51-24(14-26(47-51)36(42,43)44)20-8-9-27(52)48(7)17-20)46-30(53)25(12-19-15-45-50(16-19)32(40)41)49-11-10-21-28(31(49)54)22(38)13-23(39)29(21)37-55-34(3,4)35(5,6)56-37/h8-9,13-17,25,32H,10-12,18H2,1-7H3,(H,46,53)/t25-/m1/s1. The van der Waals surface area contributed by atoms with Gasteiger partial charge >= 0.3 is 19.8 Å². The van der Waals surface area contributed by atoms with Gasteiger partial charge in [-0.15, -0.1) is 0 Å². The number of aryl methyl sites for hydroxylation is 1. The molecule has 1 aromatic carbocycles. The van der Waals surface area contributed by atoms with Gasteiger partial charge in [0.25, 0.3) is 5.91 Å². The van der Waals surface area contributed by atoms with Crippen LogP contribution in [0.5, 0.6) is 0 Å². The molecule has 1 atom stereocenters. The fourth-order valence-corrected chi connectivity index (χ4v) is 6.81. The molecule has 0 saturated carbocycles. The van der Waals surface area contributed by atoms with Gasteiger partial charge in [-0.1, -0.05) is 0 Å². The number of pyridine rings is 1. The normalized spacial score (nSPS) is 17.4. The summed E-state index contributed by atoms with van der Waals surface area (Å²) in [4.78, 5) is 41.6. The smallest absolute Gasteiger partial charge is 0.399 e. The van der Waals surface area contributed by atoms with E-state index in [1.165, 1.54) is 43.8 Å². The summed E-state index contributed by atoms with van der Waals surface area (Å²) >= 11 is 0. The Morgan fingerprint density at radius 1 is 1.02 bits per heavy atom. The molecule has 6 rings (SSSR count). The molecule has 1 N–H and O–H groups in total. The minimum Gasteiger partial charge on any atom is -0.399 e. The number of amides is 2. The highest BCUT2D eigenvalue weighted by atomic mass is 19.4. The molecule has 0 bridgehead atoms. The number of rotatable bonds is 10. The van der Waals surface area contributed by atoms with Gasteiger partial charge in [-0.05, 0) is 71.2 Å². The molecule has 20 heteroatoms. The van der Waals surface area contributed by atoms with Crippen LogP contribution < -0.4 is 16.3 Å². The topological polar surface area (TPSA) is 126 Å². The molecule has 5 heterocycles. The van der Waals surface area contributed by atoms with Crippen LogP contribution in [-0.2, 0) is 46.7 Å². The third-order valence-electron chi connectivity index (χ3n) is 10.4. The molecule has 56 heavy (non-hydrogen) atoms. The minimum atomic E-state index is -4.84. The van der Waals surface area contributed by atoms with Gasteiger partial charge in [-0.3, -0.25) is 19.1 Å². The van der Waals surface area contributed by atoms with Gasteiger partial charge in [0, 0.05) is 55.6 Å². The number of aromatic nitrogens is 5. The van der Waals surface area contributed by atoms with Crippen LogP contribution in [0, 0.1) is 11.6 Å². The maximum absolute atomic E-state index is 15.7. The first-order chi connectivity index (χ1) is 25.9. The van der Waals surface area contributed by atoms with Crippen molar-refractivity contribution < 1.29 is 49.6 Å². The second kappa shape index (κ2) is 14.2. The van der Waals surface area contributed by atoms with Crippen molar-refractivity contribution in [3.05, 3.63) is 87.2 Å². The Kier molecular flexibility index (Phi) is 10.3. The van der Waals surface area contributed by atoms with Crippen molar-refractivity contribution in [2.75, 3.05) is 6.54 Å². The average Bonchev–Trinajstić information content (AvgIpc) is 3.76. The van der Waals surface area contributed by atoms with Crippen molar-refractivity contribution in [3.63, 3.8) is 0 Å². The second-order valence-corrected chi connectivity index (χ2v) is 15.6. The Balaban J connectivity index is 1.34. The number of halogens is 7. The highest BCUT2D eigenvalue weighted by Gasteiger charge is 2.54. The Morgan fingerprint density at radius 3 is 2.27 bits per heavy atom. The molecule has 2 amide bonds. The summed E-state index contributed by atoms with van der Waals surface area (Å²) in [5.41, 5.74) is -5.24. The maximum Gasteiger partial charge on any atom is 0.498 e. The van der Waals surface area contributed by atoms with Crippen molar-refractivity contribution in [3.8, 4) is 11.3 Å². The zero-order chi connectivity index (χ0) is 41.3. The lowest BCUT2D eigenvalue weighted by molar-refractivity contribution is -0.141. The van der Waals surface area contributed by atoms with Crippen LogP contribution in [-0.4, -0.2) is 77.3 Å². The third kappa shape index (κ3) is 7.72. The zero-order valence-corrected chi connectivity index (χ0v) is 31.5. The number of fused-ring (bicyclic) bond motifs is 1.